The summed E-state index contributed by atoms with van der Waals surface area (Å²) in [5.74, 6) is 0. The quantitative estimate of drug-likeness (QED) is 0.653. The third-order valence-electron chi connectivity index (χ3n) is 3.02. The number of nitro benzene ring substituents is 1. The lowest BCUT2D eigenvalue weighted by molar-refractivity contribution is -0.384. The molecule has 0 aromatic heterocycles. The summed E-state index contributed by atoms with van der Waals surface area (Å²) in [5, 5.41) is 17.4. The van der Waals surface area contributed by atoms with E-state index in [0.717, 1.165) is 24.3 Å². The van der Waals surface area contributed by atoms with E-state index in [1.807, 2.05) is 6.92 Å². The fraction of sp³-hybridized carbons (Fsp3) is 0.500. The smallest absolute Gasteiger partial charge is 0.288 e. The highest BCUT2D eigenvalue weighted by atomic mass is 35.5. The van der Waals surface area contributed by atoms with E-state index < -0.39 is 4.92 Å². The van der Waals surface area contributed by atoms with Crippen LogP contribution < -0.4 is 10.6 Å². The number of benzene rings is 1. The number of aryl methyl sites for hydroxylation is 1. The number of rotatable bonds is 4. The van der Waals surface area contributed by atoms with Crippen LogP contribution in [-0.2, 0) is 4.74 Å². The molecule has 6 nitrogen and oxygen atoms in total. The number of hydrogen-bond donors (Lipinski definition) is 2. The summed E-state index contributed by atoms with van der Waals surface area (Å²) in [6, 6.07) is 3.07. The van der Waals surface area contributed by atoms with E-state index in [1.54, 1.807) is 6.07 Å². The second-order valence-electron chi connectivity index (χ2n) is 4.45. The van der Waals surface area contributed by atoms with Gasteiger partial charge in [-0.15, -0.1) is 0 Å². The molecule has 1 aliphatic rings. The minimum Gasteiger partial charge on any atom is -0.382 e. The molecular formula is C12H16ClN3O3. The van der Waals surface area contributed by atoms with Crippen LogP contribution >= 0.6 is 11.6 Å². The van der Waals surface area contributed by atoms with Crippen molar-refractivity contribution in [3.05, 3.63) is 32.8 Å². The number of halogens is 1. The third kappa shape index (κ3) is 3.56. The minimum absolute atomic E-state index is 0.0692. The maximum atomic E-state index is 10.8. The molecule has 1 unspecified atom stereocenters. The number of nitrogens with zero attached hydrogens (tertiary/aromatic N) is 1. The highest BCUT2D eigenvalue weighted by Gasteiger charge is 2.17. The van der Waals surface area contributed by atoms with E-state index >= 15 is 0 Å². The largest absolute Gasteiger partial charge is 0.382 e. The molecule has 0 radical (unpaired) electrons. The van der Waals surface area contributed by atoms with Crippen LogP contribution in [0.2, 0.25) is 5.02 Å². The van der Waals surface area contributed by atoms with Gasteiger partial charge in [0.25, 0.3) is 5.69 Å². The van der Waals surface area contributed by atoms with Crippen molar-refractivity contribution in [2.24, 2.45) is 0 Å². The molecular weight excluding hydrogens is 270 g/mol. The number of anilines is 1. The molecule has 0 aliphatic carbocycles. The molecule has 2 rings (SSSR count). The monoisotopic (exact) mass is 285 g/mol. The fourth-order valence-corrected chi connectivity index (χ4v) is 2.20. The first-order chi connectivity index (χ1) is 9.08. The van der Waals surface area contributed by atoms with Gasteiger partial charge in [0.05, 0.1) is 17.6 Å². The Morgan fingerprint density at radius 3 is 3.05 bits per heavy atom. The van der Waals surface area contributed by atoms with Crippen LogP contribution in [0.3, 0.4) is 0 Å². The maximum absolute atomic E-state index is 10.8. The molecule has 0 spiro atoms. The molecule has 1 aliphatic heterocycles. The Kier molecular flexibility index (Phi) is 4.57. The Bertz CT molecular complexity index is 476. The normalized spacial score (nSPS) is 19.2. The van der Waals surface area contributed by atoms with E-state index in [2.05, 4.69) is 10.6 Å². The molecule has 1 fully saturated rings. The molecule has 1 aromatic carbocycles. The molecule has 0 amide bonds. The summed E-state index contributed by atoms with van der Waals surface area (Å²) in [7, 11) is 0. The Hall–Kier alpha value is -1.37. The summed E-state index contributed by atoms with van der Waals surface area (Å²) in [5.41, 5.74) is 1.52. The Labute approximate surface area is 116 Å². The zero-order valence-electron chi connectivity index (χ0n) is 10.6. The first kappa shape index (κ1) is 14.0. The van der Waals surface area contributed by atoms with Gasteiger partial charge in [-0.05, 0) is 18.6 Å². The molecule has 1 heterocycles. The lowest BCUT2D eigenvalue weighted by Gasteiger charge is -2.24. The van der Waals surface area contributed by atoms with E-state index in [0.29, 0.717) is 13.2 Å². The van der Waals surface area contributed by atoms with Crippen LogP contribution in [0.4, 0.5) is 11.4 Å². The first-order valence-electron chi connectivity index (χ1n) is 6.08. The highest BCUT2D eigenvalue weighted by molar-refractivity contribution is 6.33. The predicted octanol–water partition coefficient (Wildman–Crippen LogP) is 1.96. The standard InChI is InChI=1S/C12H16ClN3O3/c1-8-4-12(16(17)18)10(13)5-11(8)15-7-9-6-14-2-3-19-9/h4-5,9,14-15H,2-3,6-7H2,1H3. The van der Waals surface area contributed by atoms with Gasteiger partial charge >= 0.3 is 0 Å². The summed E-state index contributed by atoms with van der Waals surface area (Å²) in [6.45, 7) is 4.83. The summed E-state index contributed by atoms with van der Waals surface area (Å²) in [4.78, 5) is 10.3. The number of nitrogens with one attached hydrogen (secondary N) is 2. The molecule has 0 saturated carbocycles. The molecule has 1 atom stereocenters. The van der Waals surface area contributed by atoms with Gasteiger partial charge in [-0.2, -0.15) is 0 Å². The average molecular weight is 286 g/mol. The Morgan fingerprint density at radius 2 is 2.42 bits per heavy atom. The lowest BCUT2D eigenvalue weighted by Crippen LogP contribution is -2.42. The molecule has 19 heavy (non-hydrogen) atoms. The molecule has 1 aromatic rings. The van der Waals surface area contributed by atoms with Gasteiger partial charge in [0, 0.05) is 31.4 Å². The van der Waals surface area contributed by atoms with Gasteiger partial charge in [0.1, 0.15) is 5.02 Å². The zero-order valence-corrected chi connectivity index (χ0v) is 11.4. The third-order valence-corrected chi connectivity index (χ3v) is 3.32. The minimum atomic E-state index is -0.479. The van der Waals surface area contributed by atoms with Gasteiger partial charge in [0.2, 0.25) is 0 Å². The van der Waals surface area contributed by atoms with Crippen molar-refractivity contribution < 1.29 is 9.66 Å². The van der Waals surface area contributed by atoms with E-state index in [-0.39, 0.29) is 16.8 Å². The second-order valence-corrected chi connectivity index (χ2v) is 4.86. The SMILES string of the molecule is Cc1cc([N+](=O)[O-])c(Cl)cc1NCC1CNCCO1. The van der Waals surface area contributed by atoms with Gasteiger partial charge < -0.3 is 15.4 Å². The van der Waals surface area contributed by atoms with E-state index in [9.17, 15) is 10.1 Å². The number of nitro groups is 1. The van der Waals surface area contributed by atoms with Gasteiger partial charge in [-0.1, -0.05) is 11.6 Å². The van der Waals surface area contributed by atoms with Crippen molar-refractivity contribution in [1.29, 1.82) is 0 Å². The number of hydrogen-bond acceptors (Lipinski definition) is 5. The number of ether oxygens (including phenoxy) is 1. The molecule has 104 valence electrons. The maximum Gasteiger partial charge on any atom is 0.288 e. The van der Waals surface area contributed by atoms with Crippen LogP contribution in [0, 0.1) is 17.0 Å². The van der Waals surface area contributed by atoms with Crippen LogP contribution in [-0.4, -0.2) is 37.3 Å². The van der Waals surface area contributed by atoms with Crippen LogP contribution in [0.5, 0.6) is 0 Å². The van der Waals surface area contributed by atoms with E-state index in [4.69, 9.17) is 16.3 Å². The highest BCUT2D eigenvalue weighted by Crippen LogP contribution is 2.30. The fourth-order valence-electron chi connectivity index (χ4n) is 1.97. The first-order valence-corrected chi connectivity index (χ1v) is 6.46. The van der Waals surface area contributed by atoms with Crippen molar-refractivity contribution in [3.63, 3.8) is 0 Å². The Balaban J connectivity index is 2.04. The predicted molar refractivity (Wildman–Crippen MR) is 73.9 cm³/mol. The molecule has 1 saturated heterocycles. The van der Waals surface area contributed by atoms with Crippen molar-refractivity contribution in [1.82, 2.24) is 5.32 Å². The van der Waals surface area contributed by atoms with E-state index in [1.165, 1.54) is 6.07 Å². The molecule has 2 N–H and O–H groups in total. The van der Waals surface area contributed by atoms with Crippen LogP contribution in [0.15, 0.2) is 12.1 Å². The lowest BCUT2D eigenvalue weighted by atomic mass is 10.1. The van der Waals surface area contributed by atoms with Crippen molar-refractivity contribution in [3.8, 4) is 0 Å². The topological polar surface area (TPSA) is 76.4 Å². The van der Waals surface area contributed by atoms with Gasteiger partial charge in [0.15, 0.2) is 0 Å². The van der Waals surface area contributed by atoms with Gasteiger partial charge in [-0.25, -0.2) is 0 Å². The van der Waals surface area contributed by atoms with Crippen molar-refractivity contribution >= 4 is 23.0 Å². The summed E-state index contributed by atoms with van der Waals surface area (Å²) < 4.78 is 5.57. The van der Waals surface area contributed by atoms with Crippen molar-refractivity contribution in [2.75, 3.05) is 31.6 Å². The van der Waals surface area contributed by atoms with Gasteiger partial charge in [-0.3, -0.25) is 10.1 Å². The van der Waals surface area contributed by atoms with Crippen LogP contribution in [0.1, 0.15) is 5.56 Å². The zero-order chi connectivity index (χ0) is 13.8. The average Bonchev–Trinajstić information content (AvgIpc) is 2.40. The molecule has 0 bridgehead atoms. The van der Waals surface area contributed by atoms with Crippen molar-refractivity contribution in [2.45, 2.75) is 13.0 Å². The summed E-state index contributed by atoms with van der Waals surface area (Å²) in [6.07, 6.45) is 0.0992. The van der Waals surface area contributed by atoms with Crippen LogP contribution in [0.25, 0.3) is 0 Å². The number of morpholine rings is 1. The Morgan fingerprint density at radius 1 is 1.63 bits per heavy atom. The second kappa shape index (κ2) is 6.18. The molecule has 7 heteroatoms. The summed E-state index contributed by atoms with van der Waals surface area (Å²) >= 11 is 5.89.